The van der Waals surface area contributed by atoms with Crippen LogP contribution in [0, 0.1) is 0 Å². The molecule has 1 heterocycles. The highest BCUT2D eigenvalue weighted by Gasteiger charge is 2.38. The topological polar surface area (TPSA) is 47.6 Å². The van der Waals surface area contributed by atoms with E-state index in [0.29, 0.717) is 5.84 Å². The highest BCUT2D eigenvalue weighted by molar-refractivity contribution is 6.74. The van der Waals surface area contributed by atoms with Crippen LogP contribution in [0.5, 0.6) is 5.75 Å². The number of hydrogen-bond acceptors (Lipinski definition) is 3. The number of rotatable bonds is 3. The monoisotopic (exact) mass is 352 g/mol. The van der Waals surface area contributed by atoms with Crippen LogP contribution in [0.15, 0.2) is 53.5 Å². The van der Waals surface area contributed by atoms with Gasteiger partial charge in [0.05, 0.1) is 6.04 Å². The molecule has 132 valence electrons. The normalized spacial score (nSPS) is 17.6. The first-order chi connectivity index (χ1) is 11.7. The van der Waals surface area contributed by atoms with Gasteiger partial charge in [-0.05, 0) is 47.8 Å². The molecule has 1 unspecified atom stereocenters. The summed E-state index contributed by atoms with van der Waals surface area (Å²) >= 11 is 0. The van der Waals surface area contributed by atoms with Gasteiger partial charge in [-0.1, -0.05) is 57.2 Å². The summed E-state index contributed by atoms with van der Waals surface area (Å²) < 4.78 is 6.36. The fraction of sp³-hybridized carbons (Fsp3) is 0.381. The van der Waals surface area contributed by atoms with E-state index in [9.17, 15) is 0 Å². The molecule has 4 heteroatoms. The van der Waals surface area contributed by atoms with E-state index in [1.54, 1.807) is 0 Å². The number of nitrogens with two attached hydrogens (primary N) is 1. The van der Waals surface area contributed by atoms with E-state index in [4.69, 9.17) is 15.2 Å². The van der Waals surface area contributed by atoms with Crippen LogP contribution in [-0.4, -0.2) is 14.2 Å². The van der Waals surface area contributed by atoms with Gasteiger partial charge in [-0.15, -0.1) is 0 Å². The first-order valence-corrected chi connectivity index (χ1v) is 11.8. The third-order valence-corrected chi connectivity index (χ3v) is 9.80. The summed E-state index contributed by atoms with van der Waals surface area (Å²) in [6, 6.07) is 16.7. The summed E-state index contributed by atoms with van der Waals surface area (Å²) in [5.41, 5.74) is 9.68. The summed E-state index contributed by atoms with van der Waals surface area (Å²) in [7, 11) is -1.81. The molecule has 0 spiro atoms. The molecular formula is C21H28N2OSi. The van der Waals surface area contributed by atoms with E-state index in [1.165, 1.54) is 11.1 Å². The standard InChI is InChI=1S/C21H28N2OSi/c1-21(2,3)25(4,5)24-17-12-10-15(11-13-17)19-14-16-8-6-7-9-18(16)20(22)23-19/h6-13,19H,14H2,1-5H3,(H2,22,23). The third-order valence-electron chi connectivity index (χ3n) is 5.45. The minimum absolute atomic E-state index is 0.0804. The molecule has 1 atom stereocenters. The van der Waals surface area contributed by atoms with E-state index in [2.05, 4.69) is 70.3 Å². The third kappa shape index (κ3) is 3.64. The molecule has 0 bridgehead atoms. The second-order valence-corrected chi connectivity index (χ2v) is 13.0. The van der Waals surface area contributed by atoms with Gasteiger partial charge in [0.25, 0.3) is 0 Å². The van der Waals surface area contributed by atoms with Crippen molar-refractivity contribution in [3.63, 3.8) is 0 Å². The SMILES string of the molecule is CC(C)(C)[Si](C)(C)Oc1ccc(C2Cc3ccccc3C(N)=N2)cc1. The Balaban J connectivity index is 1.79. The van der Waals surface area contributed by atoms with Gasteiger partial charge in [0.15, 0.2) is 0 Å². The summed E-state index contributed by atoms with van der Waals surface area (Å²) in [6.07, 6.45) is 0.888. The van der Waals surface area contributed by atoms with Crippen molar-refractivity contribution in [3.05, 3.63) is 65.2 Å². The Morgan fingerprint density at radius 3 is 2.32 bits per heavy atom. The Morgan fingerprint density at radius 2 is 1.68 bits per heavy atom. The number of aliphatic imine (C=N–C) groups is 1. The molecule has 25 heavy (non-hydrogen) atoms. The zero-order valence-corrected chi connectivity index (χ0v) is 16.8. The Morgan fingerprint density at radius 1 is 1.04 bits per heavy atom. The molecule has 2 aromatic rings. The van der Waals surface area contributed by atoms with Crippen LogP contribution in [-0.2, 0) is 6.42 Å². The summed E-state index contributed by atoms with van der Waals surface area (Å²) in [5.74, 6) is 1.58. The van der Waals surface area contributed by atoms with Crippen molar-refractivity contribution >= 4 is 14.2 Å². The molecule has 0 aromatic heterocycles. The lowest BCUT2D eigenvalue weighted by Gasteiger charge is -2.36. The zero-order valence-electron chi connectivity index (χ0n) is 15.8. The van der Waals surface area contributed by atoms with Gasteiger partial charge in [0, 0.05) is 5.56 Å². The average molecular weight is 353 g/mol. The van der Waals surface area contributed by atoms with Gasteiger partial charge in [-0.2, -0.15) is 0 Å². The number of amidine groups is 1. The lowest BCUT2D eigenvalue weighted by atomic mass is 9.92. The fourth-order valence-corrected chi connectivity index (χ4v) is 3.87. The van der Waals surface area contributed by atoms with Crippen molar-refractivity contribution < 1.29 is 4.43 Å². The number of hydrogen-bond donors (Lipinski definition) is 1. The molecule has 2 N–H and O–H groups in total. The van der Waals surface area contributed by atoms with Gasteiger partial charge in [-0.3, -0.25) is 4.99 Å². The van der Waals surface area contributed by atoms with Gasteiger partial charge in [0.1, 0.15) is 11.6 Å². The second-order valence-electron chi connectivity index (χ2n) is 8.32. The molecule has 0 fully saturated rings. The highest BCUT2D eigenvalue weighted by Crippen LogP contribution is 2.38. The van der Waals surface area contributed by atoms with E-state index < -0.39 is 8.32 Å². The van der Waals surface area contributed by atoms with Crippen LogP contribution in [0.25, 0.3) is 0 Å². The molecular weight excluding hydrogens is 324 g/mol. The fourth-order valence-electron chi connectivity index (χ4n) is 2.84. The van der Waals surface area contributed by atoms with Crippen molar-refractivity contribution in [2.75, 3.05) is 0 Å². The molecule has 1 aliphatic rings. The van der Waals surface area contributed by atoms with Gasteiger partial charge in [-0.25, -0.2) is 0 Å². The molecule has 2 aromatic carbocycles. The minimum Gasteiger partial charge on any atom is -0.544 e. The van der Waals surface area contributed by atoms with Crippen LogP contribution in [0.3, 0.4) is 0 Å². The van der Waals surface area contributed by atoms with E-state index in [0.717, 1.165) is 17.7 Å². The van der Waals surface area contributed by atoms with Crippen LogP contribution >= 0.6 is 0 Å². The smallest absolute Gasteiger partial charge is 0.250 e. The Bertz CT molecular complexity index is 788. The molecule has 0 amide bonds. The first kappa shape index (κ1) is 17.7. The zero-order chi connectivity index (χ0) is 18.2. The second kappa shape index (κ2) is 6.34. The molecule has 3 nitrogen and oxygen atoms in total. The van der Waals surface area contributed by atoms with Crippen LogP contribution in [0.4, 0.5) is 0 Å². The Kier molecular flexibility index (Phi) is 4.50. The van der Waals surface area contributed by atoms with E-state index in [1.807, 2.05) is 12.1 Å². The Hall–Kier alpha value is -2.07. The maximum atomic E-state index is 6.36. The largest absolute Gasteiger partial charge is 0.544 e. The van der Waals surface area contributed by atoms with Crippen molar-refractivity contribution in [1.82, 2.24) is 0 Å². The molecule has 0 radical (unpaired) electrons. The first-order valence-electron chi connectivity index (χ1n) is 8.88. The van der Waals surface area contributed by atoms with Crippen LogP contribution in [0.2, 0.25) is 18.1 Å². The Labute approximate surface area is 152 Å². The van der Waals surface area contributed by atoms with Gasteiger partial charge >= 0.3 is 0 Å². The summed E-state index contributed by atoms with van der Waals surface area (Å²) in [4.78, 5) is 4.70. The highest BCUT2D eigenvalue weighted by atomic mass is 28.4. The summed E-state index contributed by atoms with van der Waals surface area (Å²) in [5, 5.41) is 0.192. The van der Waals surface area contributed by atoms with Crippen molar-refractivity contribution in [2.45, 2.75) is 51.4 Å². The molecule has 3 rings (SSSR count). The van der Waals surface area contributed by atoms with Gasteiger partial charge in [0.2, 0.25) is 8.32 Å². The molecule has 0 saturated heterocycles. The van der Waals surface area contributed by atoms with Crippen molar-refractivity contribution in [1.29, 1.82) is 0 Å². The number of benzene rings is 2. The predicted molar refractivity (Wildman–Crippen MR) is 108 cm³/mol. The van der Waals surface area contributed by atoms with Crippen molar-refractivity contribution in [3.8, 4) is 5.75 Å². The maximum Gasteiger partial charge on any atom is 0.250 e. The lowest BCUT2D eigenvalue weighted by molar-refractivity contribution is 0.492. The molecule has 0 saturated carbocycles. The lowest BCUT2D eigenvalue weighted by Crippen LogP contribution is -2.43. The molecule has 0 aliphatic carbocycles. The predicted octanol–water partition coefficient (Wildman–Crippen LogP) is 5.07. The van der Waals surface area contributed by atoms with Gasteiger partial charge < -0.3 is 10.2 Å². The van der Waals surface area contributed by atoms with Crippen molar-refractivity contribution in [2.24, 2.45) is 10.7 Å². The maximum absolute atomic E-state index is 6.36. The van der Waals surface area contributed by atoms with Crippen LogP contribution in [0.1, 0.15) is 43.5 Å². The number of nitrogens with zero attached hydrogens (tertiary/aromatic N) is 1. The quantitative estimate of drug-likeness (QED) is 0.784. The van der Waals surface area contributed by atoms with E-state index >= 15 is 0 Å². The molecule has 1 aliphatic heterocycles. The summed E-state index contributed by atoms with van der Waals surface area (Å²) in [6.45, 7) is 11.3. The minimum atomic E-state index is -1.81. The average Bonchev–Trinajstić information content (AvgIpc) is 2.54. The van der Waals surface area contributed by atoms with E-state index in [-0.39, 0.29) is 11.1 Å². The number of fused-ring (bicyclic) bond motifs is 1. The van der Waals surface area contributed by atoms with Crippen LogP contribution < -0.4 is 10.2 Å².